The highest BCUT2D eigenvalue weighted by molar-refractivity contribution is 6.30. The zero-order chi connectivity index (χ0) is 25.7. The summed E-state index contributed by atoms with van der Waals surface area (Å²) < 4.78 is 19.9. The Hall–Kier alpha value is -3.40. The standard InChI is InChI=1S/C25H23ClFN3O6/c1-28-21(33)18-14-6-8-29(11-12-3-4-16(27)15(26)9-12)20(32)17(14)19(31)22(34)30(18)25(28)7-5-13-10-24(13,25)23(35)36-2/h3-4,9,13,31H,5-8,10-11H2,1-2H3/t13-,24+,25-/m1/s1. The zero-order valence-corrected chi connectivity index (χ0v) is 20.4. The average Bonchev–Trinajstić information content (AvgIpc) is 3.45. The maximum Gasteiger partial charge on any atom is 0.316 e. The molecular weight excluding hydrogens is 493 g/mol. The van der Waals surface area contributed by atoms with E-state index in [-0.39, 0.29) is 41.7 Å². The maximum atomic E-state index is 13.6. The molecule has 2 aliphatic carbocycles. The number of pyridine rings is 1. The molecule has 2 amide bonds. The number of aromatic hydroxyl groups is 1. The van der Waals surface area contributed by atoms with E-state index in [0.29, 0.717) is 30.4 Å². The highest BCUT2D eigenvalue weighted by atomic mass is 35.5. The van der Waals surface area contributed by atoms with Crippen LogP contribution in [0.4, 0.5) is 4.39 Å². The minimum Gasteiger partial charge on any atom is -0.502 e. The summed E-state index contributed by atoms with van der Waals surface area (Å²) in [6.45, 7) is 0.293. The SMILES string of the molecule is COC(=O)[C@]12C[C@H]1CC[C@]21N(C)C(=O)c2c3c(c(O)c(=O)n21)C(=O)N(Cc1ccc(F)c(Cl)c1)CC3. The number of rotatable bonds is 3. The van der Waals surface area contributed by atoms with E-state index in [9.17, 15) is 28.7 Å². The molecule has 2 aliphatic heterocycles. The molecule has 2 saturated carbocycles. The highest BCUT2D eigenvalue weighted by Gasteiger charge is 2.80. The number of nitrogens with zero attached hydrogens (tertiary/aromatic N) is 3. The summed E-state index contributed by atoms with van der Waals surface area (Å²) >= 11 is 5.87. The van der Waals surface area contributed by atoms with Crippen molar-refractivity contribution in [1.29, 1.82) is 0 Å². The van der Waals surface area contributed by atoms with Crippen molar-refractivity contribution in [1.82, 2.24) is 14.4 Å². The van der Waals surface area contributed by atoms with Gasteiger partial charge in [-0.05, 0) is 49.3 Å². The molecule has 1 aromatic heterocycles. The van der Waals surface area contributed by atoms with Gasteiger partial charge in [0.15, 0.2) is 5.75 Å². The van der Waals surface area contributed by atoms with Gasteiger partial charge >= 0.3 is 5.97 Å². The largest absolute Gasteiger partial charge is 0.502 e. The van der Waals surface area contributed by atoms with Crippen LogP contribution in [0, 0.1) is 17.2 Å². The van der Waals surface area contributed by atoms with Crippen LogP contribution in [0.5, 0.6) is 5.75 Å². The molecule has 11 heteroatoms. The molecule has 2 aromatic rings. The van der Waals surface area contributed by atoms with Crippen molar-refractivity contribution < 1.29 is 28.6 Å². The highest BCUT2D eigenvalue weighted by Crippen LogP contribution is 2.73. The number of fused-ring (bicyclic) bond motifs is 6. The third-order valence-electron chi connectivity index (χ3n) is 8.59. The van der Waals surface area contributed by atoms with E-state index in [1.807, 2.05) is 0 Å². The molecule has 4 aliphatic rings. The summed E-state index contributed by atoms with van der Waals surface area (Å²) in [5.41, 5.74) is -2.51. The van der Waals surface area contributed by atoms with Gasteiger partial charge in [-0.3, -0.25) is 23.7 Å². The Bertz CT molecular complexity index is 1460. The van der Waals surface area contributed by atoms with Gasteiger partial charge in [0.25, 0.3) is 17.4 Å². The van der Waals surface area contributed by atoms with Crippen molar-refractivity contribution in [2.45, 2.75) is 37.9 Å². The van der Waals surface area contributed by atoms with Crippen LogP contribution in [-0.4, -0.2) is 58.0 Å². The molecule has 2 fully saturated rings. The number of carbonyl (C=O) groups excluding carboxylic acids is 3. The minimum absolute atomic E-state index is 0.0316. The predicted octanol–water partition coefficient (Wildman–Crippen LogP) is 2.26. The number of ether oxygens (including phenoxy) is 1. The second-order valence-corrected chi connectivity index (χ2v) is 10.4. The molecule has 3 heterocycles. The van der Waals surface area contributed by atoms with Crippen LogP contribution in [0.1, 0.15) is 51.2 Å². The summed E-state index contributed by atoms with van der Waals surface area (Å²) in [7, 11) is 2.84. The number of amides is 2. The normalized spacial score (nSPS) is 27.8. The van der Waals surface area contributed by atoms with E-state index >= 15 is 0 Å². The van der Waals surface area contributed by atoms with E-state index in [1.54, 1.807) is 7.05 Å². The van der Waals surface area contributed by atoms with Gasteiger partial charge in [0.05, 0.1) is 17.7 Å². The minimum atomic E-state index is -1.29. The monoisotopic (exact) mass is 515 g/mol. The lowest BCUT2D eigenvalue weighted by Gasteiger charge is -2.40. The van der Waals surface area contributed by atoms with Crippen LogP contribution in [0.25, 0.3) is 0 Å². The lowest BCUT2D eigenvalue weighted by molar-refractivity contribution is -0.156. The first-order valence-electron chi connectivity index (χ1n) is 11.7. The van der Waals surface area contributed by atoms with Crippen molar-refractivity contribution in [2.24, 2.45) is 11.3 Å². The van der Waals surface area contributed by atoms with Crippen LogP contribution in [0.15, 0.2) is 23.0 Å². The van der Waals surface area contributed by atoms with Crippen molar-refractivity contribution >= 4 is 29.4 Å². The Kier molecular flexibility index (Phi) is 4.68. The summed E-state index contributed by atoms with van der Waals surface area (Å²) in [6, 6.07) is 4.12. The van der Waals surface area contributed by atoms with Gasteiger partial charge in [-0.1, -0.05) is 17.7 Å². The number of esters is 1. The molecule has 9 nitrogen and oxygen atoms in total. The Balaban J connectivity index is 1.48. The van der Waals surface area contributed by atoms with Gasteiger partial charge in [0.2, 0.25) is 0 Å². The predicted molar refractivity (Wildman–Crippen MR) is 124 cm³/mol. The first kappa shape index (κ1) is 23.0. The van der Waals surface area contributed by atoms with Gasteiger partial charge in [-0.2, -0.15) is 0 Å². The van der Waals surface area contributed by atoms with Gasteiger partial charge in [-0.15, -0.1) is 0 Å². The van der Waals surface area contributed by atoms with Crippen LogP contribution in [-0.2, 0) is 28.2 Å². The van der Waals surface area contributed by atoms with Gasteiger partial charge in [-0.25, -0.2) is 4.39 Å². The fourth-order valence-corrected chi connectivity index (χ4v) is 7.10. The number of benzene rings is 1. The maximum absolute atomic E-state index is 13.6. The van der Waals surface area contributed by atoms with Gasteiger partial charge in [0.1, 0.15) is 22.6 Å². The van der Waals surface area contributed by atoms with Crippen LogP contribution in [0.3, 0.4) is 0 Å². The second kappa shape index (κ2) is 7.32. The molecular formula is C25H23ClFN3O6. The zero-order valence-electron chi connectivity index (χ0n) is 19.6. The fourth-order valence-electron chi connectivity index (χ4n) is 6.90. The number of carbonyl (C=O) groups is 3. The number of aromatic nitrogens is 1. The molecule has 1 N–H and O–H groups in total. The van der Waals surface area contributed by atoms with Crippen LogP contribution >= 0.6 is 11.6 Å². The van der Waals surface area contributed by atoms with E-state index < -0.39 is 46.0 Å². The van der Waals surface area contributed by atoms with Gasteiger partial charge < -0.3 is 19.6 Å². The number of hydrogen-bond acceptors (Lipinski definition) is 6. The third kappa shape index (κ3) is 2.55. The van der Waals surface area contributed by atoms with Crippen molar-refractivity contribution in [2.75, 3.05) is 20.7 Å². The molecule has 1 aromatic carbocycles. The quantitative estimate of drug-likeness (QED) is 0.628. The summed E-state index contributed by atoms with van der Waals surface area (Å²) in [5.74, 6) is -2.91. The van der Waals surface area contributed by atoms with E-state index in [1.165, 1.54) is 39.7 Å². The van der Waals surface area contributed by atoms with Crippen molar-refractivity contribution in [3.63, 3.8) is 0 Å². The Morgan fingerprint density at radius 3 is 2.69 bits per heavy atom. The van der Waals surface area contributed by atoms with E-state index in [4.69, 9.17) is 16.3 Å². The van der Waals surface area contributed by atoms with Crippen molar-refractivity contribution in [3.8, 4) is 5.75 Å². The lowest BCUT2D eigenvalue weighted by atomic mass is 9.88. The van der Waals surface area contributed by atoms with E-state index in [0.717, 1.165) is 0 Å². The molecule has 36 heavy (non-hydrogen) atoms. The lowest BCUT2D eigenvalue weighted by Crippen LogP contribution is -2.56. The molecule has 0 saturated heterocycles. The average molecular weight is 516 g/mol. The Labute approximate surface area is 210 Å². The molecule has 1 spiro atoms. The number of halogens is 2. The number of hydrogen-bond donors (Lipinski definition) is 1. The summed E-state index contributed by atoms with van der Waals surface area (Å²) in [6.07, 6.45) is 1.69. The second-order valence-electron chi connectivity index (χ2n) is 10.00. The smallest absolute Gasteiger partial charge is 0.316 e. The molecule has 6 rings (SSSR count). The fraction of sp³-hybridized carbons (Fsp3) is 0.440. The molecule has 0 unspecified atom stereocenters. The van der Waals surface area contributed by atoms with Crippen molar-refractivity contribution in [3.05, 3.63) is 61.8 Å². The topological polar surface area (TPSA) is 109 Å². The first-order valence-corrected chi connectivity index (χ1v) is 12.1. The molecule has 0 radical (unpaired) electrons. The third-order valence-corrected chi connectivity index (χ3v) is 8.88. The number of methoxy groups -OCH3 is 1. The first-order chi connectivity index (χ1) is 17.1. The Morgan fingerprint density at radius 1 is 1.28 bits per heavy atom. The van der Waals surface area contributed by atoms with E-state index in [2.05, 4.69) is 0 Å². The molecule has 3 atom stereocenters. The molecule has 0 bridgehead atoms. The van der Waals surface area contributed by atoms with Crippen LogP contribution in [0.2, 0.25) is 5.02 Å². The van der Waals surface area contributed by atoms with Crippen LogP contribution < -0.4 is 5.56 Å². The van der Waals surface area contributed by atoms with Gasteiger partial charge in [0, 0.05) is 25.7 Å². The summed E-state index contributed by atoms with van der Waals surface area (Å²) in [4.78, 5) is 56.5. The summed E-state index contributed by atoms with van der Waals surface area (Å²) in [5, 5.41) is 11.0. The Morgan fingerprint density at radius 2 is 2.03 bits per heavy atom. The molecule has 188 valence electrons.